The highest BCUT2D eigenvalue weighted by atomic mass is 15.0. The maximum atomic E-state index is 3.66. The third-order valence-electron chi connectivity index (χ3n) is 3.41. The first-order valence-electron chi connectivity index (χ1n) is 6.72. The predicted molar refractivity (Wildman–Crippen MR) is 73.0 cm³/mol. The summed E-state index contributed by atoms with van der Waals surface area (Å²) in [7, 11) is 4.24. The Morgan fingerprint density at radius 1 is 1.24 bits per heavy atom. The van der Waals surface area contributed by atoms with E-state index in [1.165, 1.54) is 43.4 Å². The molecule has 1 atom stereocenters. The van der Waals surface area contributed by atoms with Crippen LogP contribution in [0.25, 0.3) is 0 Å². The summed E-state index contributed by atoms with van der Waals surface area (Å²) in [6.07, 6.45) is 5.34. The number of benzene rings is 1. The van der Waals surface area contributed by atoms with E-state index in [0.29, 0.717) is 6.04 Å². The number of nitrogens with zero attached hydrogens (tertiary/aromatic N) is 1. The molecule has 2 heteroatoms. The first-order valence-corrected chi connectivity index (χ1v) is 6.72. The van der Waals surface area contributed by atoms with Crippen molar-refractivity contribution in [3.63, 3.8) is 0 Å². The van der Waals surface area contributed by atoms with Crippen LogP contribution in [0.3, 0.4) is 0 Å². The molecule has 1 unspecified atom stereocenters. The van der Waals surface area contributed by atoms with Crippen molar-refractivity contribution in [1.82, 2.24) is 10.2 Å². The zero-order valence-electron chi connectivity index (χ0n) is 11.1. The Hall–Kier alpha value is -0.860. The molecule has 0 aliphatic carbocycles. The number of hydrogen-bond donors (Lipinski definition) is 1. The van der Waals surface area contributed by atoms with Crippen LogP contribution in [-0.2, 0) is 6.54 Å². The highest BCUT2D eigenvalue weighted by molar-refractivity contribution is 5.26. The molecule has 17 heavy (non-hydrogen) atoms. The van der Waals surface area contributed by atoms with Crippen molar-refractivity contribution in [2.24, 2.45) is 0 Å². The Morgan fingerprint density at radius 2 is 2.12 bits per heavy atom. The molecule has 0 aromatic heterocycles. The molecule has 0 saturated carbocycles. The molecule has 0 radical (unpaired) electrons. The quantitative estimate of drug-likeness (QED) is 0.862. The average Bonchev–Trinajstić information content (AvgIpc) is 2.57. The Bertz CT molecular complexity index is 339. The normalized spacial score (nSPS) is 21.5. The molecule has 0 bridgehead atoms. The molecule has 2 nitrogen and oxygen atoms in total. The van der Waals surface area contributed by atoms with Crippen LogP contribution in [0.4, 0.5) is 0 Å². The molecular formula is C15H24N2. The van der Waals surface area contributed by atoms with Gasteiger partial charge in [-0.2, -0.15) is 0 Å². The topological polar surface area (TPSA) is 15.3 Å². The largest absolute Gasteiger partial charge is 0.310 e. The molecule has 1 aromatic carbocycles. The summed E-state index contributed by atoms with van der Waals surface area (Å²) in [5.41, 5.74) is 2.88. The zero-order chi connectivity index (χ0) is 12.1. The van der Waals surface area contributed by atoms with Crippen LogP contribution in [0.15, 0.2) is 24.3 Å². The SMILES string of the molecule is CN(C)Cc1cccc(C2CCCCCN2)c1. The smallest absolute Gasteiger partial charge is 0.0320 e. The van der Waals surface area contributed by atoms with Crippen molar-refractivity contribution in [3.05, 3.63) is 35.4 Å². The van der Waals surface area contributed by atoms with Crippen LogP contribution in [0.5, 0.6) is 0 Å². The fourth-order valence-corrected chi connectivity index (χ4v) is 2.59. The van der Waals surface area contributed by atoms with Crippen molar-refractivity contribution in [1.29, 1.82) is 0 Å². The molecule has 1 aliphatic heterocycles. The van der Waals surface area contributed by atoms with Crippen molar-refractivity contribution in [2.75, 3.05) is 20.6 Å². The van der Waals surface area contributed by atoms with Crippen LogP contribution in [-0.4, -0.2) is 25.5 Å². The maximum Gasteiger partial charge on any atom is 0.0320 e. The lowest BCUT2D eigenvalue weighted by Gasteiger charge is -2.18. The second-order valence-corrected chi connectivity index (χ2v) is 5.34. The number of hydrogen-bond acceptors (Lipinski definition) is 2. The first kappa shape index (κ1) is 12.6. The number of rotatable bonds is 3. The molecule has 1 saturated heterocycles. The summed E-state index contributed by atoms with van der Waals surface area (Å²) >= 11 is 0. The monoisotopic (exact) mass is 232 g/mol. The molecule has 2 rings (SSSR count). The zero-order valence-corrected chi connectivity index (χ0v) is 11.1. The predicted octanol–water partition coefficient (Wildman–Crippen LogP) is 2.95. The Kier molecular flexibility index (Phi) is 4.57. The number of nitrogens with one attached hydrogen (secondary N) is 1. The van der Waals surface area contributed by atoms with Gasteiger partial charge in [0.25, 0.3) is 0 Å². The van der Waals surface area contributed by atoms with Gasteiger partial charge in [0.2, 0.25) is 0 Å². The van der Waals surface area contributed by atoms with E-state index in [1.807, 2.05) is 0 Å². The molecule has 1 aliphatic rings. The molecule has 94 valence electrons. The lowest BCUT2D eigenvalue weighted by Crippen LogP contribution is -2.20. The molecular weight excluding hydrogens is 208 g/mol. The van der Waals surface area contributed by atoms with Gasteiger partial charge in [0.15, 0.2) is 0 Å². The molecule has 0 spiro atoms. The second-order valence-electron chi connectivity index (χ2n) is 5.34. The third-order valence-corrected chi connectivity index (χ3v) is 3.41. The van der Waals surface area contributed by atoms with Crippen LogP contribution in [0.2, 0.25) is 0 Å². The van der Waals surface area contributed by atoms with E-state index in [0.717, 1.165) is 6.54 Å². The highest BCUT2D eigenvalue weighted by Gasteiger charge is 2.13. The summed E-state index contributed by atoms with van der Waals surface area (Å²) in [6.45, 7) is 2.20. The minimum absolute atomic E-state index is 0.569. The van der Waals surface area contributed by atoms with Gasteiger partial charge >= 0.3 is 0 Å². The minimum atomic E-state index is 0.569. The average molecular weight is 232 g/mol. The summed E-state index contributed by atoms with van der Waals surface area (Å²) in [6, 6.07) is 9.62. The fourth-order valence-electron chi connectivity index (χ4n) is 2.59. The lowest BCUT2D eigenvalue weighted by atomic mass is 10.00. The van der Waals surface area contributed by atoms with Gasteiger partial charge in [-0.15, -0.1) is 0 Å². The standard InChI is InChI=1S/C15H24N2/c1-17(2)12-13-7-6-8-14(11-13)15-9-4-3-5-10-16-15/h6-8,11,15-16H,3-5,9-10,12H2,1-2H3. The van der Waals surface area contributed by atoms with Crippen LogP contribution >= 0.6 is 0 Å². The van der Waals surface area contributed by atoms with E-state index < -0.39 is 0 Å². The first-order chi connectivity index (χ1) is 8.25. The van der Waals surface area contributed by atoms with E-state index in [1.54, 1.807) is 0 Å². The third kappa shape index (κ3) is 3.83. The Morgan fingerprint density at radius 3 is 2.94 bits per heavy atom. The molecule has 1 N–H and O–H groups in total. The second kappa shape index (κ2) is 6.18. The summed E-state index contributed by atoms with van der Waals surface area (Å²) in [4.78, 5) is 2.22. The summed E-state index contributed by atoms with van der Waals surface area (Å²) < 4.78 is 0. The van der Waals surface area contributed by atoms with Gasteiger partial charge in [0.05, 0.1) is 0 Å². The minimum Gasteiger partial charge on any atom is -0.310 e. The van der Waals surface area contributed by atoms with E-state index in [4.69, 9.17) is 0 Å². The van der Waals surface area contributed by atoms with Gasteiger partial charge in [-0.05, 0) is 44.6 Å². The van der Waals surface area contributed by atoms with Crippen LogP contribution in [0.1, 0.15) is 42.9 Å². The van der Waals surface area contributed by atoms with Crippen molar-refractivity contribution in [3.8, 4) is 0 Å². The van der Waals surface area contributed by atoms with E-state index in [-0.39, 0.29) is 0 Å². The van der Waals surface area contributed by atoms with E-state index in [9.17, 15) is 0 Å². The summed E-state index contributed by atoms with van der Waals surface area (Å²) in [5.74, 6) is 0. The van der Waals surface area contributed by atoms with Crippen molar-refractivity contribution < 1.29 is 0 Å². The van der Waals surface area contributed by atoms with Crippen LogP contribution in [0, 0.1) is 0 Å². The Balaban J connectivity index is 2.08. The molecule has 1 heterocycles. The van der Waals surface area contributed by atoms with Gasteiger partial charge in [0.1, 0.15) is 0 Å². The fraction of sp³-hybridized carbons (Fsp3) is 0.600. The van der Waals surface area contributed by atoms with Crippen LogP contribution < -0.4 is 5.32 Å². The Labute approximate surface area is 105 Å². The van der Waals surface area contributed by atoms with E-state index >= 15 is 0 Å². The molecule has 0 amide bonds. The van der Waals surface area contributed by atoms with Crippen molar-refractivity contribution in [2.45, 2.75) is 38.3 Å². The van der Waals surface area contributed by atoms with Gasteiger partial charge < -0.3 is 10.2 Å². The van der Waals surface area contributed by atoms with Gasteiger partial charge in [-0.1, -0.05) is 37.1 Å². The summed E-state index contributed by atoms with van der Waals surface area (Å²) in [5, 5.41) is 3.66. The maximum absolute atomic E-state index is 3.66. The van der Waals surface area contributed by atoms with Crippen molar-refractivity contribution >= 4 is 0 Å². The van der Waals surface area contributed by atoms with Gasteiger partial charge in [-0.3, -0.25) is 0 Å². The van der Waals surface area contributed by atoms with Gasteiger partial charge in [-0.25, -0.2) is 0 Å². The molecule has 1 aromatic rings. The highest BCUT2D eigenvalue weighted by Crippen LogP contribution is 2.23. The molecule has 1 fully saturated rings. The lowest BCUT2D eigenvalue weighted by molar-refractivity contribution is 0.402. The van der Waals surface area contributed by atoms with E-state index in [2.05, 4.69) is 48.6 Å². The van der Waals surface area contributed by atoms with Gasteiger partial charge in [0, 0.05) is 12.6 Å².